The summed E-state index contributed by atoms with van der Waals surface area (Å²) in [6.45, 7) is 5.97. The Morgan fingerprint density at radius 1 is 1.33 bits per heavy atom. The smallest absolute Gasteiger partial charge is 0.339 e. The average molecular weight is 333 g/mol. The molecule has 0 spiro atoms. The lowest BCUT2D eigenvalue weighted by Gasteiger charge is -2.19. The Labute approximate surface area is 138 Å². The van der Waals surface area contributed by atoms with E-state index in [1.807, 2.05) is 12.2 Å². The molecule has 1 aromatic carbocycles. The fourth-order valence-electron chi connectivity index (χ4n) is 2.20. The lowest BCUT2D eigenvalue weighted by molar-refractivity contribution is -0.130. The van der Waals surface area contributed by atoms with Gasteiger partial charge in [0.05, 0.1) is 11.1 Å². The quantitative estimate of drug-likeness (QED) is 0.780. The molecule has 9 heteroatoms. The molecular weight excluding hydrogens is 314 g/mol. The van der Waals surface area contributed by atoms with E-state index in [9.17, 15) is 14.4 Å². The van der Waals surface area contributed by atoms with E-state index < -0.39 is 24.0 Å². The third kappa shape index (κ3) is 3.67. The van der Waals surface area contributed by atoms with Crippen LogP contribution in [0.3, 0.4) is 0 Å². The molecule has 1 aromatic heterocycles. The lowest BCUT2D eigenvalue weighted by atomic mass is 10.1. The van der Waals surface area contributed by atoms with Gasteiger partial charge in [-0.05, 0) is 31.0 Å². The number of benzene rings is 1. The van der Waals surface area contributed by atoms with Gasteiger partial charge < -0.3 is 10.5 Å². The summed E-state index contributed by atoms with van der Waals surface area (Å²) >= 11 is 0. The minimum atomic E-state index is -1.13. The molecule has 0 aliphatic rings. The van der Waals surface area contributed by atoms with E-state index in [2.05, 4.69) is 10.3 Å². The topological polar surface area (TPSA) is 129 Å². The number of carbonyl (C=O) groups is 3. The van der Waals surface area contributed by atoms with E-state index in [0.717, 1.165) is 5.52 Å². The van der Waals surface area contributed by atoms with E-state index in [0.29, 0.717) is 12.1 Å². The van der Waals surface area contributed by atoms with E-state index in [1.54, 1.807) is 36.7 Å². The predicted molar refractivity (Wildman–Crippen MR) is 85.0 cm³/mol. The minimum absolute atomic E-state index is 0.239. The zero-order valence-corrected chi connectivity index (χ0v) is 13.6. The molecule has 0 radical (unpaired) electrons. The zero-order valence-electron chi connectivity index (χ0n) is 13.6. The van der Waals surface area contributed by atoms with Crippen LogP contribution in [0, 0.1) is 5.92 Å². The van der Waals surface area contributed by atoms with Gasteiger partial charge in [0, 0.05) is 6.54 Å². The largest absolute Gasteiger partial charge is 0.448 e. The van der Waals surface area contributed by atoms with Crippen molar-refractivity contribution in [1.82, 2.24) is 20.3 Å². The monoisotopic (exact) mass is 333 g/mol. The van der Waals surface area contributed by atoms with Crippen LogP contribution in [0.2, 0.25) is 0 Å². The third-order valence-electron chi connectivity index (χ3n) is 3.39. The average Bonchev–Trinajstić information content (AvgIpc) is 2.93. The van der Waals surface area contributed by atoms with E-state index >= 15 is 0 Å². The highest BCUT2D eigenvalue weighted by Crippen LogP contribution is 2.16. The molecule has 2 rings (SSSR count). The fraction of sp³-hybridized carbons (Fsp3) is 0.400. The number of nitrogens with two attached hydrogens (primary N) is 1. The first-order valence-corrected chi connectivity index (χ1v) is 7.48. The van der Waals surface area contributed by atoms with Crippen molar-refractivity contribution in [1.29, 1.82) is 0 Å². The molecule has 9 nitrogen and oxygen atoms in total. The highest BCUT2D eigenvalue weighted by atomic mass is 16.5. The molecule has 0 saturated carbocycles. The number of rotatable bonds is 5. The van der Waals surface area contributed by atoms with E-state index in [1.165, 1.54) is 0 Å². The van der Waals surface area contributed by atoms with Crippen molar-refractivity contribution in [2.24, 2.45) is 11.7 Å². The Morgan fingerprint density at radius 3 is 2.62 bits per heavy atom. The number of ether oxygens (including phenoxy) is 1. The van der Waals surface area contributed by atoms with Crippen molar-refractivity contribution < 1.29 is 19.1 Å². The number of imide groups is 1. The number of nitrogens with zero attached hydrogens (tertiary/aromatic N) is 3. The van der Waals surface area contributed by atoms with Crippen LogP contribution in [0.1, 0.15) is 31.1 Å². The number of esters is 1. The molecule has 0 unspecified atom stereocenters. The summed E-state index contributed by atoms with van der Waals surface area (Å²) in [5.74, 6) is -1.79. The standard InChI is InChI=1S/C15H19N5O4/c1-4-20-11-6-5-9(7-10(11)18-19-20)14(22)24-12(8(2)3)13(21)17-15(16)23/h5-8,12H,4H2,1-3H3,(H3,16,17,21,23)/t12-/m0/s1. The van der Waals surface area contributed by atoms with Crippen LogP contribution in [-0.2, 0) is 16.1 Å². The van der Waals surface area contributed by atoms with Gasteiger partial charge in [-0.15, -0.1) is 5.10 Å². The van der Waals surface area contributed by atoms with Gasteiger partial charge in [-0.25, -0.2) is 14.3 Å². The molecule has 0 bridgehead atoms. The van der Waals surface area contributed by atoms with Gasteiger partial charge in [0.25, 0.3) is 5.91 Å². The molecule has 0 aliphatic heterocycles. The van der Waals surface area contributed by atoms with Gasteiger partial charge in [-0.1, -0.05) is 19.1 Å². The number of nitrogens with one attached hydrogen (secondary N) is 1. The van der Waals surface area contributed by atoms with Crippen LogP contribution in [0.15, 0.2) is 18.2 Å². The summed E-state index contributed by atoms with van der Waals surface area (Å²) in [7, 11) is 0. The molecule has 3 amide bonds. The fourth-order valence-corrected chi connectivity index (χ4v) is 2.20. The number of amides is 3. The summed E-state index contributed by atoms with van der Waals surface area (Å²) in [4.78, 5) is 35.0. The van der Waals surface area contributed by atoms with Crippen molar-refractivity contribution in [2.75, 3.05) is 0 Å². The Bertz CT molecular complexity index is 783. The van der Waals surface area contributed by atoms with E-state index in [4.69, 9.17) is 10.5 Å². The third-order valence-corrected chi connectivity index (χ3v) is 3.39. The zero-order chi connectivity index (χ0) is 17.9. The Balaban J connectivity index is 2.20. The van der Waals surface area contributed by atoms with Crippen LogP contribution in [-0.4, -0.2) is 39.0 Å². The number of hydrogen-bond acceptors (Lipinski definition) is 6. The van der Waals surface area contributed by atoms with Crippen LogP contribution in [0.4, 0.5) is 4.79 Å². The second kappa shape index (κ2) is 7.07. The molecule has 2 aromatic rings. The second-order valence-corrected chi connectivity index (χ2v) is 5.53. The number of aryl methyl sites for hydroxylation is 1. The Hall–Kier alpha value is -2.97. The maximum absolute atomic E-state index is 12.3. The van der Waals surface area contributed by atoms with Gasteiger partial charge in [0.2, 0.25) is 0 Å². The molecule has 0 saturated heterocycles. The molecule has 24 heavy (non-hydrogen) atoms. The normalized spacial score (nSPS) is 12.2. The summed E-state index contributed by atoms with van der Waals surface area (Å²) in [6, 6.07) is 3.83. The van der Waals surface area contributed by atoms with Crippen molar-refractivity contribution >= 4 is 28.9 Å². The summed E-state index contributed by atoms with van der Waals surface area (Å²) < 4.78 is 6.93. The predicted octanol–water partition coefficient (Wildman–Crippen LogP) is 0.828. The van der Waals surface area contributed by atoms with Crippen LogP contribution in [0.25, 0.3) is 11.0 Å². The number of hydrogen-bond donors (Lipinski definition) is 2. The van der Waals surface area contributed by atoms with Crippen molar-refractivity contribution in [3.8, 4) is 0 Å². The molecule has 1 heterocycles. The number of fused-ring (bicyclic) bond motifs is 1. The highest BCUT2D eigenvalue weighted by Gasteiger charge is 2.28. The van der Waals surface area contributed by atoms with Crippen LogP contribution < -0.4 is 11.1 Å². The van der Waals surface area contributed by atoms with Gasteiger partial charge in [-0.2, -0.15) is 0 Å². The van der Waals surface area contributed by atoms with Crippen molar-refractivity contribution in [2.45, 2.75) is 33.4 Å². The first-order valence-electron chi connectivity index (χ1n) is 7.48. The molecule has 128 valence electrons. The molecule has 0 fully saturated rings. The van der Waals surface area contributed by atoms with Crippen LogP contribution >= 0.6 is 0 Å². The maximum Gasteiger partial charge on any atom is 0.339 e. The molecule has 3 N–H and O–H groups in total. The Kier molecular flexibility index (Phi) is 5.12. The number of urea groups is 1. The second-order valence-electron chi connectivity index (χ2n) is 5.53. The first-order chi connectivity index (χ1) is 11.3. The van der Waals surface area contributed by atoms with Gasteiger partial charge in [0.1, 0.15) is 5.52 Å². The number of primary amides is 1. The summed E-state index contributed by atoms with van der Waals surface area (Å²) in [6.07, 6.45) is -1.13. The van der Waals surface area contributed by atoms with E-state index in [-0.39, 0.29) is 11.5 Å². The highest BCUT2D eigenvalue weighted by molar-refractivity contribution is 5.99. The van der Waals surface area contributed by atoms with Crippen molar-refractivity contribution in [3.05, 3.63) is 23.8 Å². The lowest BCUT2D eigenvalue weighted by Crippen LogP contribution is -2.45. The van der Waals surface area contributed by atoms with Crippen LogP contribution in [0.5, 0.6) is 0 Å². The van der Waals surface area contributed by atoms with Gasteiger partial charge in [-0.3, -0.25) is 10.1 Å². The molecule has 1 atom stereocenters. The van der Waals surface area contributed by atoms with Gasteiger partial charge in [0.15, 0.2) is 6.10 Å². The first kappa shape index (κ1) is 17.4. The minimum Gasteiger partial charge on any atom is -0.448 e. The summed E-state index contributed by atoms with van der Waals surface area (Å²) in [5, 5.41) is 9.87. The maximum atomic E-state index is 12.3. The number of aromatic nitrogens is 3. The summed E-state index contributed by atoms with van der Waals surface area (Å²) in [5.41, 5.74) is 6.50. The molecular formula is C15H19N5O4. The molecule has 0 aliphatic carbocycles. The Morgan fingerprint density at radius 2 is 2.04 bits per heavy atom. The van der Waals surface area contributed by atoms with Gasteiger partial charge >= 0.3 is 12.0 Å². The SMILES string of the molecule is CCn1nnc2cc(C(=O)O[C@H](C(=O)NC(N)=O)C(C)C)ccc21. The number of carbonyl (C=O) groups excluding carboxylic acids is 3. The van der Waals surface area contributed by atoms with Crippen molar-refractivity contribution in [3.63, 3.8) is 0 Å².